The second-order valence-electron chi connectivity index (χ2n) is 6.21. The highest BCUT2D eigenvalue weighted by molar-refractivity contribution is 6.42. The zero-order chi connectivity index (χ0) is 20.3. The summed E-state index contributed by atoms with van der Waals surface area (Å²) in [5.41, 5.74) is 3.80. The maximum absolute atomic E-state index is 12.0. The third-order valence-corrected chi connectivity index (χ3v) is 5.25. The van der Waals surface area contributed by atoms with Gasteiger partial charge < -0.3 is 9.30 Å². The van der Waals surface area contributed by atoms with Crippen LogP contribution in [0.2, 0.25) is 10.0 Å². The van der Waals surface area contributed by atoms with E-state index in [9.17, 15) is 10.1 Å². The molecule has 0 saturated carbocycles. The lowest BCUT2D eigenvalue weighted by atomic mass is 10.0. The van der Waals surface area contributed by atoms with Crippen LogP contribution in [-0.4, -0.2) is 17.1 Å². The van der Waals surface area contributed by atoms with Crippen molar-refractivity contribution in [3.8, 4) is 6.07 Å². The van der Waals surface area contributed by atoms with Gasteiger partial charge in [-0.05, 0) is 43.7 Å². The van der Waals surface area contributed by atoms with Gasteiger partial charge in [-0.25, -0.2) is 0 Å². The third kappa shape index (κ3) is 3.91. The number of benzene rings is 2. The fraction of sp³-hybridized carbons (Fsp3) is 0.182. The van der Waals surface area contributed by atoms with E-state index in [1.807, 2.05) is 41.8 Å². The molecular formula is C22H18Cl2N2O2. The molecule has 0 saturated heterocycles. The summed E-state index contributed by atoms with van der Waals surface area (Å²) in [5.74, 6) is -0.299. The summed E-state index contributed by atoms with van der Waals surface area (Å²) in [6, 6.07) is 15.1. The van der Waals surface area contributed by atoms with Gasteiger partial charge in [0.15, 0.2) is 0 Å². The minimum atomic E-state index is -0.299. The van der Waals surface area contributed by atoms with E-state index in [1.165, 1.54) is 0 Å². The highest BCUT2D eigenvalue weighted by atomic mass is 35.5. The van der Waals surface area contributed by atoms with Crippen molar-refractivity contribution in [3.63, 3.8) is 0 Å². The molecule has 0 unspecified atom stereocenters. The third-order valence-electron chi connectivity index (χ3n) is 4.51. The lowest BCUT2D eigenvalue weighted by Gasteiger charge is -2.08. The first-order valence-corrected chi connectivity index (χ1v) is 9.52. The summed E-state index contributed by atoms with van der Waals surface area (Å²) in [6.07, 6.45) is 1.82. The smallest absolute Gasteiger partial charge is 0.325 e. The Morgan fingerprint density at radius 3 is 2.64 bits per heavy atom. The number of fused-ring (bicyclic) bond motifs is 1. The average Bonchev–Trinajstić information content (AvgIpc) is 2.94. The van der Waals surface area contributed by atoms with E-state index in [-0.39, 0.29) is 12.5 Å². The number of allylic oxidation sites excluding steroid dienone is 1. The van der Waals surface area contributed by atoms with Gasteiger partial charge in [-0.2, -0.15) is 5.26 Å². The van der Waals surface area contributed by atoms with Crippen LogP contribution < -0.4 is 0 Å². The molecule has 0 spiro atoms. The van der Waals surface area contributed by atoms with E-state index in [1.54, 1.807) is 25.1 Å². The van der Waals surface area contributed by atoms with E-state index < -0.39 is 0 Å². The van der Waals surface area contributed by atoms with Crippen LogP contribution in [0.4, 0.5) is 0 Å². The van der Waals surface area contributed by atoms with E-state index >= 15 is 0 Å². The number of esters is 1. The number of rotatable bonds is 5. The van der Waals surface area contributed by atoms with E-state index in [0.717, 1.165) is 22.2 Å². The highest BCUT2D eigenvalue weighted by Crippen LogP contribution is 2.31. The van der Waals surface area contributed by atoms with Crippen LogP contribution in [0.25, 0.3) is 22.6 Å². The molecule has 0 atom stereocenters. The SMILES string of the molecule is CCOC(=O)Cn1c(C)c(/C=C(\C#N)c2ccc(Cl)c(Cl)c2)c2ccccc21. The Kier molecular flexibility index (Phi) is 6.08. The van der Waals surface area contributed by atoms with Crippen molar-refractivity contribution in [2.24, 2.45) is 0 Å². The minimum absolute atomic E-state index is 0.114. The molecule has 0 fully saturated rings. The molecule has 6 heteroatoms. The van der Waals surface area contributed by atoms with Crippen molar-refractivity contribution in [1.82, 2.24) is 4.57 Å². The van der Waals surface area contributed by atoms with Gasteiger partial charge in [0.1, 0.15) is 6.54 Å². The molecule has 3 rings (SSSR count). The summed E-state index contributed by atoms with van der Waals surface area (Å²) >= 11 is 12.1. The Hall–Kier alpha value is -2.74. The fourth-order valence-electron chi connectivity index (χ4n) is 3.17. The van der Waals surface area contributed by atoms with Gasteiger partial charge in [-0.3, -0.25) is 4.79 Å². The van der Waals surface area contributed by atoms with Crippen molar-refractivity contribution in [2.45, 2.75) is 20.4 Å². The lowest BCUT2D eigenvalue weighted by Crippen LogP contribution is -2.14. The minimum Gasteiger partial charge on any atom is -0.465 e. The summed E-state index contributed by atoms with van der Waals surface area (Å²) in [4.78, 5) is 12.0. The van der Waals surface area contributed by atoms with Gasteiger partial charge in [0, 0.05) is 22.2 Å². The summed E-state index contributed by atoms with van der Waals surface area (Å²) in [7, 11) is 0. The van der Waals surface area contributed by atoms with Gasteiger partial charge >= 0.3 is 5.97 Å². The Morgan fingerprint density at radius 1 is 1.21 bits per heavy atom. The van der Waals surface area contributed by atoms with E-state index in [0.29, 0.717) is 27.8 Å². The molecule has 28 heavy (non-hydrogen) atoms. The fourth-order valence-corrected chi connectivity index (χ4v) is 3.47. The number of nitrogens with zero attached hydrogens (tertiary/aromatic N) is 2. The van der Waals surface area contributed by atoms with E-state index in [2.05, 4.69) is 6.07 Å². The van der Waals surface area contributed by atoms with Crippen molar-refractivity contribution in [2.75, 3.05) is 6.61 Å². The van der Waals surface area contributed by atoms with Crippen LogP contribution >= 0.6 is 23.2 Å². The monoisotopic (exact) mass is 412 g/mol. The van der Waals surface area contributed by atoms with Gasteiger partial charge in [0.25, 0.3) is 0 Å². The molecule has 0 aliphatic rings. The maximum atomic E-state index is 12.0. The Balaban J connectivity index is 2.15. The predicted octanol–water partition coefficient (Wildman–Crippen LogP) is 5.88. The maximum Gasteiger partial charge on any atom is 0.325 e. The summed E-state index contributed by atoms with van der Waals surface area (Å²) in [6.45, 7) is 4.15. The standard InChI is InChI=1S/C22H18Cl2N2O2/c1-3-28-22(27)13-26-14(2)18(17-6-4-5-7-21(17)26)10-16(12-25)15-8-9-19(23)20(24)11-15/h4-11H,3,13H2,1-2H3/b16-10+. The average molecular weight is 413 g/mol. The second-order valence-corrected chi connectivity index (χ2v) is 7.02. The number of ether oxygens (including phenoxy) is 1. The van der Waals surface area contributed by atoms with Crippen LogP contribution in [-0.2, 0) is 16.1 Å². The normalized spacial score (nSPS) is 11.5. The van der Waals surface area contributed by atoms with Crippen LogP contribution in [0.15, 0.2) is 42.5 Å². The lowest BCUT2D eigenvalue weighted by molar-refractivity contribution is -0.143. The molecule has 0 aliphatic heterocycles. The molecule has 0 N–H and O–H groups in total. The van der Waals surface area contributed by atoms with Crippen LogP contribution in [0.1, 0.15) is 23.7 Å². The number of hydrogen-bond donors (Lipinski definition) is 0. The molecule has 2 aromatic carbocycles. The van der Waals surface area contributed by atoms with Gasteiger partial charge in [-0.15, -0.1) is 0 Å². The predicted molar refractivity (Wildman–Crippen MR) is 113 cm³/mol. The molecule has 3 aromatic rings. The zero-order valence-corrected chi connectivity index (χ0v) is 17.0. The number of halogens is 2. The molecular weight excluding hydrogens is 395 g/mol. The first kappa shape index (κ1) is 20.0. The number of aromatic nitrogens is 1. The van der Waals surface area contributed by atoms with Crippen molar-refractivity contribution in [3.05, 3.63) is 69.3 Å². The number of hydrogen-bond acceptors (Lipinski definition) is 3. The molecule has 0 bridgehead atoms. The van der Waals surface area contributed by atoms with Gasteiger partial charge in [-0.1, -0.05) is 47.5 Å². The number of carbonyl (C=O) groups excluding carboxylic acids is 1. The molecule has 4 nitrogen and oxygen atoms in total. The first-order valence-electron chi connectivity index (χ1n) is 8.77. The Bertz CT molecular complexity index is 1120. The van der Waals surface area contributed by atoms with Crippen molar-refractivity contribution < 1.29 is 9.53 Å². The Morgan fingerprint density at radius 2 is 1.96 bits per heavy atom. The van der Waals surface area contributed by atoms with Gasteiger partial charge in [0.05, 0.1) is 28.3 Å². The topological polar surface area (TPSA) is 55.0 Å². The van der Waals surface area contributed by atoms with Crippen LogP contribution in [0.5, 0.6) is 0 Å². The molecule has 142 valence electrons. The summed E-state index contributed by atoms with van der Waals surface area (Å²) in [5, 5.41) is 11.5. The molecule has 0 amide bonds. The largest absolute Gasteiger partial charge is 0.465 e. The molecule has 0 aliphatic carbocycles. The summed E-state index contributed by atoms with van der Waals surface area (Å²) < 4.78 is 7.01. The van der Waals surface area contributed by atoms with E-state index in [4.69, 9.17) is 27.9 Å². The highest BCUT2D eigenvalue weighted by Gasteiger charge is 2.16. The second kappa shape index (κ2) is 8.52. The Labute approximate surface area is 173 Å². The zero-order valence-electron chi connectivity index (χ0n) is 15.5. The molecule has 0 radical (unpaired) electrons. The van der Waals surface area contributed by atoms with Crippen molar-refractivity contribution >= 4 is 51.7 Å². The first-order chi connectivity index (χ1) is 13.5. The number of carbonyl (C=O) groups is 1. The number of nitriles is 1. The molecule has 1 aromatic heterocycles. The van der Waals surface area contributed by atoms with Crippen LogP contribution in [0, 0.1) is 18.3 Å². The van der Waals surface area contributed by atoms with Crippen LogP contribution in [0.3, 0.4) is 0 Å². The quantitative estimate of drug-likeness (QED) is 0.388. The van der Waals surface area contributed by atoms with Gasteiger partial charge in [0.2, 0.25) is 0 Å². The number of para-hydroxylation sites is 1. The molecule has 1 heterocycles. The van der Waals surface area contributed by atoms with Crippen molar-refractivity contribution in [1.29, 1.82) is 5.26 Å².